The highest BCUT2D eigenvalue weighted by molar-refractivity contribution is 8.58. The predicted octanol–water partition coefficient (Wildman–Crippen LogP) is 5.11. The zero-order chi connectivity index (χ0) is 22.2. The maximum Gasteiger partial charge on any atom is 0.510 e. The number of rotatable bonds is 20. The topological polar surface area (TPSA) is 55.4 Å². The Kier molecular flexibility index (Phi) is 17.3. The van der Waals surface area contributed by atoms with Crippen LogP contribution in [-0.2, 0) is 26.6 Å². The minimum absolute atomic E-state index is 0.613. The summed E-state index contributed by atoms with van der Waals surface area (Å²) in [5.41, 5.74) is 0. The molecule has 0 saturated carbocycles. The van der Waals surface area contributed by atoms with Crippen molar-refractivity contribution in [2.75, 3.05) is 50.4 Å². The van der Waals surface area contributed by atoms with Crippen molar-refractivity contribution >= 4 is 46.4 Å². The normalized spacial score (nSPS) is 13.2. The Labute approximate surface area is 190 Å². The molecule has 0 N–H and O–H groups in total. The van der Waals surface area contributed by atoms with Gasteiger partial charge in [-0.3, -0.25) is 0 Å². The standard InChI is InChI=1S/C18H44O6S2Si3/c1-9-19-28(20-10-2,21-11-3)17-25-27(15-7,16-8)26-18-29(22-12-4,23-13-5)24-14-6/h9-18H2,1-8H3. The van der Waals surface area contributed by atoms with E-state index in [0.717, 1.165) is 22.8 Å². The van der Waals surface area contributed by atoms with Crippen LogP contribution in [0.2, 0.25) is 12.1 Å². The van der Waals surface area contributed by atoms with Crippen LogP contribution in [0.1, 0.15) is 55.4 Å². The van der Waals surface area contributed by atoms with E-state index in [0.29, 0.717) is 39.6 Å². The van der Waals surface area contributed by atoms with Gasteiger partial charge in [-0.25, -0.2) is 0 Å². The molecule has 0 bridgehead atoms. The second-order valence-electron chi connectivity index (χ2n) is 6.16. The summed E-state index contributed by atoms with van der Waals surface area (Å²) < 4.78 is 36.5. The largest absolute Gasteiger partial charge is 0.510 e. The quantitative estimate of drug-likeness (QED) is 0.212. The molecular weight excluding hydrogens is 461 g/mol. The van der Waals surface area contributed by atoms with E-state index in [1.165, 1.54) is 0 Å². The molecule has 11 heteroatoms. The van der Waals surface area contributed by atoms with Gasteiger partial charge in [0.1, 0.15) is 0 Å². The Balaban J connectivity index is 5.40. The van der Waals surface area contributed by atoms with Crippen molar-refractivity contribution in [2.45, 2.75) is 67.5 Å². The van der Waals surface area contributed by atoms with Crippen LogP contribution in [0.25, 0.3) is 0 Å². The van der Waals surface area contributed by atoms with E-state index in [-0.39, 0.29) is 0 Å². The Morgan fingerprint density at radius 1 is 0.448 bits per heavy atom. The van der Waals surface area contributed by atoms with Crippen molar-refractivity contribution in [1.29, 1.82) is 0 Å². The first kappa shape index (κ1) is 30.1. The molecule has 0 spiro atoms. The highest BCUT2D eigenvalue weighted by Crippen LogP contribution is 2.42. The lowest BCUT2D eigenvalue weighted by Crippen LogP contribution is -2.52. The molecule has 0 aliphatic carbocycles. The van der Waals surface area contributed by atoms with E-state index in [1.54, 1.807) is 0 Å². The van der Waals surface area contributed by atoms with Gasteiger partial charge in [0.2, 0.25) is 0 Å². The van der Waals surface area contributed by atoms with Crippen molar-refractivity contribution in [3.63, 3.8) is 0 Å². The first-order valence-electron chi connectivity index (χ1n) is 11.0. The molecule has 0 aromatic heterocycles. The fourth-order valence-electron chi connectivity index (χ4n) is 2.96. The van der Waals surface area contributed by atoms with Crippen LogP contribution in [-0.4, -0.2) is 74.4 Å². The van der Waals surface area contributed by atoms with Crippen molar-refractivity contribution in [3.05, 3.63) is 0 Å². The zero-order valence-electron chi connectivity index (χ0n) is 19.8. The van der Waals surface area contributed by atoms with E-state index >= 15 is 0 Å². The SMILES string of the molecule is CCO[Si](CS[Si](CC)(CC)SC[Si](OCC)(OCC)OCC)(OCC)OCC. The third-order valence-corrected chi connectivity index (χ3v) is 27.2. The summed E-state index contributed by atoms with van der Waals surface area (Å²) in [6.45, 7) is 20.3. The molecule has 29 heavy (non-hydrogen) atoms. The Morgan fingerprint density at radius 3 is 0.862 bits per heavy atom. The zero-order valence-corrected chi connectivity index (χ0v) is 24.5. The van der Waals surface area contributed by atoms with E-state index in [9.17, 15) is 0 Å². The second kappa shape index (κ2) is 16.7. The van der Waals surface area contributed by atoms with Gasteiger partial charge in [0.05, 0.1) is 10.8 Å². The van der Waals surface area contributed by atoms with E-state index in [2.05, 4.69) is 13.8 Å². The Morgan fingerprint density at radius 2 is 0.690 bits per heavy atom. The Hall–Kier alpha value is 1.11. The first-order valence-corrected chi connectivity index (χ1v) is 20.7. The van der Waals surface area contributed by atoms with Gasteiger partial charge in [-0.2, -0.15) is 22.4 Å². The van der Waals surface area contributed by atoms with E-state index in [1.807, 2.05) is 64.0 Å². The minimum Gasteiger partial charge on any atom is -0.373 e. The van der Waals surface area contributed by atoms with Crippen LogP contribution < -0.4 is 0 Å². The predicted molar refractivity (Wildman–Crippen MR) is 133 cm³/mol. The lowest BCUT2D eigenvalue weighted by molar-refractivity contribution is 0.0766. The van der Waals surface area contributed by atoms with Gasteiger partial charge in [-0.1, -0.05) is 13.8 Å². The highest BCUT2D eigenvalue weighted by atomic mass is 32.6. The first-order chi connectivity index (χ1) is 13.9. The molecule has 0 heterocycles. The molecular formula is C18H44O6S2Si3. The van der Waals surface area contributed by atoms with E-state index < -0.39 is 24.0 Å². The van der Waals surface area contributed by atoms with Crippen LogP contribution >= 0.6 is 22.4 Å². The van der Waals surface area contributed by atoms with Gasteiger partial charge in [0.15, 0.2) is 6.37 Å². The van der Waals surface area contributed by atoms with Crippen LogP contribution in [0.3, 0.4) is 0 Å². The highest BCUT2D eigenvalue weighted by Gasteiger charge is 2.47. The molecule has 0 fully saturated rings. The summed E-state index contributed by atoms with van der Waals surface area (Å²) in [5, 5.41) is 1.60. The lowest BCUT2D eigenvalue weighted by Gasteiger charge is -2.36. The van der Waals surface area contributed by atoms with Gasteiger partial charge in [0.25, 0.3) is 0 Å². The van der Waals surface area contributed by atoms with Crippen molar-refractivity contribution < 1.29 is 26.6 Å². The molecule has 0 aromatic carbocycles. The second-order valence-corrected chi connectivity index (χ2v) is 23.9. The smallest absolute Gasteiger partial charge is 0.373 e. The summed E-state index contributed by atoms with van der Waals surface area (Å²) in [6, 6.07) is 2.31. The molecule has 0 aliphatic rings. The monoisotopic (exact) mass is 504 g/mol. The van der Waals surface area contributed by atoms with Crippen molar-refractivity contribution in [3.8, 4) is 0 Å². The minimum atomic E-state index is -2.66. The van der Waals surface area contributed by atoms with Crippen LogP contribution in [0.4, 0.5) is 0 Å². The van der Waals surface area contributed by atoms with Gasteiger partial charge in [0, 0.05) is 39.6 Å². The lowest BCUT2D eigenvalue weighted by atomic mass is 10.9. The van der Waals surface area contributed by atoms with Crippen LogP contribution in [0.5, 0.6) is 0 Å². The summed E-state index contributed by atoms with van der Waals surface area (Å²) in [4.78, 5) is 0. The number of hydrogen-bond donors (Lipinski definition) is 0. The van der Waals surface area contributed by atoms with Crippen LogP contribution in [0.15, 0.2) is 0 Å². The summed E-state index contributed by atoms with van der Waals surface area (Å²) in [7, 11) is -5.31. The maximum absolute atomic E-state index is 6.08. The number of hydrogen-bond acceptors (Lipinski definition) is 8. The Bertz CT molecular complexity index is 340. The van der Waals surface area contributed by atoms with Crippen molar-refractivity contribution in [2.24, 2.45) is 0 Å². The molecule has 0 amide bonds. The fraction of sp³-hybridized carbons (Fsp3) is 1.00. The summed E-state index contributed by atoms with van der Waals surface area (Å²) in [5.74, 6) is 0. The van der Waals surface area contributed by atoms with Gasteiger partial charge < -0.3 is 26.6 Å². The average molecular weight is 505 g/mol. The van der Waals surface area contributed by atoms with Crippen LogP contribution in [0, 0.1) is 0 Å². The maximum atomic E-state index is 6.08. The third-order valence-electron chi connectivity index (χ3n) is 4.29. The molecule has 0 radical (unpaired) electrons. The van der Waals surface area contributed by atoms with E-state index in [4.69, 9.17) is 26.6 Å². The third kappa shape index (κ3) is 10.5. The molecule has 0 unspecified atom stereocenters. The van der Waals surface area contributed by atoms with Crippen molar-refractivity contribution in [1.82, 2.24) is 0 Å². The molecule has 0 saturated heterocycles. The molecule has 0 aliphatic heterocycles. The average Bonchev–Trinajstić information content (AvgIpc) is 2.70. The fourth-order valence-corrected chi connectivity index (χ4v) is 27.6. The summed E-state index contributed by atoms with van der Waals surface area (Å²) >= 11 is 4.07. The molecule has 6 nitrogen and oxygen atoms in total. The molecule has 0 atom stereocenters. The molecule has 176 valence electrons. The van der Waals surface area contributed by atoms with Gasteiger partial charge >= 0.3 is 17.6 Å². The molecule has 0 rings (SSSR count). The van der Waals surface area contributed by atoms with Gasteiger partial charge in [-0.15, -0.1) is 0 Å². The summed E-state index contributed by atoms with van der Waals surface area (Å²) in [6.07, 6.45) is -1.71. The molecule has 0 aromatic rings. The van der Waals surface area contributed by atoms with Gasteiger partial charge in [-0.05, 0) is 53.6 Å².